The summed E-state index contributed by atoms with van der Waals surface area (Å²) in [6, 6.07) is 0. The topological polar surface area (TPSA) is 86.7 Å². The molecule has 6 nitrogen and oxygen atoms in total. The number of hydrogen-bond donors (Lipinski definition) is 3. The van der Waals surface area contributed by atoms with Gasteiger partial charge in [-0.15, -0.1) is 0 Å². The highest BCUT2D eigenvalue weighted by molar-refractivity contribution is 8.00. The predicted octanol–water partition coefficient (Wildman–Crippen LogP) is -0.222. The molecule has 2 atom stereocenters. The number of fused-ring (bicyclic) bond motifs is 1. The average molecular weight is 237 g/mol. The molecule has 2 aromatic rings. The van der Waals surface area contributed by atoms with Gasteiger partial charge in [-0.1, -0.05) is 11.8 Å². The number of β-amino-alcohol motifs (C(OH)–C–C–N with tert-alkyl or cyclic N) is 1. The van der Waals surface area contributed by atoms with E-state index >= 15 is 0 Å². The van der Waals surface area contributed by atoms with Gasteiger partial charge in [-0.2, -0.15) is 0 Å². The summed E-state index contributed by atoms with van der Waals surface area (Å²) in [5, 5.41) is 13.8. The molecule has 0 radical (unpaired) electrons. The van der Waals surface area contributed by atoms with Crippen molar-refractivity contribution in [1.82, 2.24) is 25.3 Å². The molecule has 3 rings (SSSR count). The molecule has 7 heteroatoms. The molecule has 0 saturated carbocycles. The lowest BCUT2D eigenvalue weighted by Gasteiger charge is -2.11. The van der Waals surface area contributed by atoms with Gasteiger partial charge in [-0.3, -0.25) is 0 Å². The molecule has 0 bridgehead atoms. The molecule has 0 aromatic carbocycles. The van der Waals surface area contributed by atoms with Crippen molar-refractivity contribution in [3.63, 3.8) is 0 Å². The van der Waals surface area contributed by atoms with Gasteiger partial charge in [0.1, 0.15) is 16.9 Å². The Hall–Kier alpha value is -1.18. The molecule has 1 aliphatic heterocycles. The van der Waals surface area contributed by atoms with Crippen LogP contribution in [0.25, 0.3) is 11.2 Å². The van der Waals surface area contributed by atoms with E-state index in [0.717, 1.165) is 17.1 Å². The lowest BCUT2D eigenvalue weighted by molar-refractivity contribution is 0.201. The first-order chi connectivity index (χ1) is 7.84. The van der Waals surface area contributed by atoms with E-state index in [1.54, 1.807) is 18.1 Å². The van der Waals surface area contributed by atoms with Crippen molar-refractivity contribution in [2.45, 2.75) is 16.4 Å². The highest BCUT2D eigenvalue weighted by atomic mass is 32.2. The van der Waals surface area contributed by atoms with Crippen LogP contribution in [0.15, 0.2) is 17.7 Å². The predicted molar refractivity (Wildman–Crippen MR) is 60.2 cm³/mol. The Bertz CT molecular complexity index is 501. The Morgan fingerprint density at radius 3 is 3.06 bits per heavy atom. The van der Waals surface area contributed by atoms with Gasteiger partial charge in [0.2, 0.25) is 0 Å². The fraction of sp³-hybridized carbons (Fsp3) is 0.444. The maximum Gasteiger partial charge on any atom is 0.181 e. The number of aromatic nitrogens is 4. The first-order valence-electron chi connectivity index (χ1n) is 5.04. The summed E-state index contributed by atoms with van der Waals surface area (Å²) in [4.78, 5) is 15.4. The quantitative estimate of drug-likeness (QED) is 0.626. The summed E-state index contributed by atoms with van der Waals surface area (Å²) >= 11 is 1.56. The largest absolute Gasteiger partial charge is 0.391 e. The molecule has 0 aliphatic carbocycles. The minimum Gasteiger partial charge on any atom is -0.391 e. The van der Waals surface area contributed by atoms with Crippen LogP contribution in [-0.4, -0.2) is 49.5 Å². The number of nitrogens with zero attached hydrogens (tertiary/aromatic N) is 3. The summed E-state index contributed by atoms with van der Waals surface area (Å²) in [6.45, 7) is 1.44. The van der Waals surface area contributed by atoms with E-state index in [9.17, 15) is 5.11 Å². The van der Waals surface area contributed by atoms with E-state index in [2.05, 4.69) is 25.3 Å². The number of nitrogens with one attached hydrogen (secondary N) is 2. The maximum absolute atomic E-state index is 9.72. The molecule has 84 valence electrons. The molecule has 2 aromatic heterocycles. The Balaban J connectivity index is 1.91. The minimum atomic E-state index is -0.321. The molecule has 3 heterocycles. The third-order valence-electron chi connectivity index (χ3n) is 2.58. The molecular weight excluding hydrogens is 226 g/mol. The molecule has 1 saturated heterocycles. The third-order valence-corrected chi connectivity index (χ3v) is 3.90. The lowest BCUT2D eigenvalue weighted by Crippen LogP contribution is -2.20. The van der Waals surface area contributed by atoms with E-state index in [0.29, 0.717) is 12.2 Å². The summed E-state index contributed by atoms with van der Waals surface area (Å²) in [6.07, 6.45) is 2.78. The molecule has 2 unspecified atom stereocenters. The first kappa shape index (κ1) is 10.0. The molecule has 16 heavy (non-hydrogen) atoms. The van der Waals surface area contributed by atoms with Gasteiger partial charge in [0.15, 0.2) is 5.65 Å². The van der Waals surface area contributed by atoms with Gasteiger partial charge in [0, 0.05) is 13.1 Å². The Labute approximate surface area is 95.9 Å². The van der Waals surface area contributed by atoms with Gasteiger partial charge >= 0.3 is 0 Å². The molecule has 0 spiro atoms. The van der Waals surface area contributed by atoms with Crippen molar-refractivity contribution >= 4 is 22.9 Å². The van der Waals surface area contributed by atoms with Gasteiger partial charge in [0.25, 0.3) is 0 Å². The van der Waals surface area contributed by atoms with Crippen LogP contribution in [0.3, 0.4) is 0 Å². The zero-order chi connectivity index (χ0) is 11.0. The second-order valence-electron chi connectivity index (χ2n) is 3.66. The summed E-state index contributed by atoms with van der Waals surface area (Å²) in [5.74, 6) is 0. The van der Waals surface area contributed by atoms with Crippen molar-refractivity contribution in [3.05, 3.63) is 12.7 Å². The molecule has 0 amide bonds. The van der Waals surface area contributed by atoms with Gasteiger partial charge in [-0.05, 0) is 0 Å². The minimum absolute atomic E-state index is 0.140. The van der Waals surface area contributed by atoms with Crippen LogP contribution in [-0.2, 0) is 0 Å². The highest BCUT2D eigenvalue weighted by Crippen LogP contribution is 2.28. The number of imidazole rings is 1. The zero-order valence-corrected chi connectivity index (χ0v) is 9.24. The van der Waals surface area contributed by atoms with Crippen LogP contribution in [0, 0.1) is 0 Å². The molecule has 3 N–H and O–H groups in total. The van der Waals surface area contributed by atoms with Crippen LogP contribution < -0.4 is 5.32 Å². The van der Waals surface area contributed by atoms with Gasteiger partial charge < -0.3 is 15.4 Å². The summed E-state index contributed by atoms with van der Waals surface area (Å²) < 4.78 is 0. The lowest BCUT2D eigenvalue weighted by atomic mass is 10.3. The van der Waals surface area contributed by atoms with Crippen molar-refractivity contribution in [2.75, 3.05) is 13.1 Å². The number of rotatable bonds is 2. The molecule has 1 fully saturated rings. The van der Waals surface area contributed by atoms with Crippen molar-refractivity contribution in [3.8, 4) is 0 Å². The second-order valence-corrected chi connectivity index (χ2v) is 4.89. The van der Waals surface area contributed by atoms with Gasteiger partial charge in [-0.25, -0.2) is 15.0 Å². The summed E-state index contributed by atoms with van der Waals surface area (Å²) in [5.41, 5.74) is 1.50. The maximum atomic E-state index is 9.72. The van der Waals surface area contributed by atoms with E-state index in [4.69, 9.17) is 0 Å². The average Bonchev–Trinajstić information content (AvgIpc) is 2.89. The van der Waals surface area contributed by atoms with Crippen molar-refractivity contribution in [2.24, 2.45) is 0 Å². The normalized spacial score (nSPS) is 25.3. The fourth-order valence-electron chi connectivity index (χ4n) is 1.74. The summed E-state index contributed by atoms with van der Waals surface area (Å²) in [7, 11) is 0. The van der Waals surface area contributed by atoms with E-state index < -0.39 is 0 Å². The number of aromatic amines is 1. The third kappa shape index (κ3) is 1.66. The number of aliphatic hydroxyl groups excluding tert-OH is 1. The Morgan fingerprint density at radius 2 is 2.25 bits per heavy atom. The highest BCUT2D eigenvalue weighted by Gasteiger charge is 2.27. The van der Waals surface area contributed by atoms with Crippen LogP contribution in [0.1, 0.15) is 0 Å². The van der Waals surface area contributed by atoms with Crippen molar-refractivity contribution in [1.29, 1.82) is 0 Å². The van der Waals surface area contributed by atoms with Crippen LogP contribution in [0.2, 0.25) is 0 Å². The molecule has 1 aliphatic rings. The monoisotopic (exact) mass is 237 g/mol. The number of thioether (sulfide) groups is 1. The second kappa shape index (κ2) is 4.00. The van der Waals surface area contributed by atoms with Crippen molar-refractivity contribution < 1.29 is 5.11 Å². The fourth-order valence-corrected chi connectivity index (χ4v) is 2.85. The number of aliphatic hydroxyl groups is 1. The first-order valence-corrected chi connectivity index (χ1v) is 5.92. The Morgan fingerprint density at radius 1 is 1.31 bits per heavy atom. The molecular formula is C9H11N5OS. The van der Waals surface area contributed by atoms with Crippen LogP contribution in [0.5, 0.6) is 0 Å². The number of H-pyrrole nitrogens is 1. The van der Waals surface area contributed by atoms with E-state index in [1.807, 2.05) is 0 Å². The van der Waals surface area contributed by atoms with E-state index in [1.165, 1.54) is 6.33 Å². The Kier molecular flexibility index (Phi) is 2.50. The van der Waals surface area contributed by atoms with Crippen LogP contribution in [0.4, 0.5) is 0 Å². The van der Waals surface area contributed by atoms with Crippen LogP contribution >= 0.6 is 11.8 Å². The standard InChI is InChI=1S/C9H11N5OS/c15-5-1-10-2-6(5)16-9-7-8(12-3-11-7)13-4-14-9/h3-6,10,15H,1-2H2,(H,11,12,13,14). The van der Waals surface area contributed by atoms with E-state index in [-0.39, 0.29) is 11.4 Å². The SMILES string of the molecule is OC1CNCC1Sc1ncnc2nc[nH]c12. The number of hydrogen-bond acceptors (Lipinski definition) is 6. The zero-order valence-electron chi connectivity index (χ0n) is 8.42. The van der Waals surface area contributed by atoms with Gasteiger partial charge in [0.05, 0.1) is 17.7 Å². The smallest absolute Gasteiger partial charge is 0.181 e.